The van der Waals surface area contributed by atoms with E-state index < -0.39 is 6.61 Å². The normalized spacial score (nSPS) is 14.4. The molecule has 0 unspecified atom stereocenters. The maximum absolute atomic E-state index is 11.6. The van der Waals surface area contributed by atoms with E-state index in [4.69, 9.17) is 5.11 Å². The number of hydrogen-bond acceptors (Lipinski definition) is 7. The molecule has 3 heterocycles. The third-order valence-corrected chi connectivity index (χ3v) is 4.99. The van der Waals surface area contributed by atoms with E-state index in [0.717, 1.165) is 41.1 Å². The number of pyridine rings is 1. The number of nitrogens with one attached hydrogen (secondary N) is 1. The molecule has 3 aromatic rings. The summed E-state index contributed by atoms with van der Waals surface area (Å²) in [7, 11) is 1.82. The van der Waals surface area contributed by atoms with Gasteiger partial charge in [0.2, 0.25) is 5.91 Å². The summed E-state index contributed by atoms with van der Waals surface area (Å²) in [4.78, 5) is 28.9. The van der Waals surface area contributed by atoms with Crippen LogP contribution in [0.5, 0.6) is 0 Å². The topological polar surface area (TPSA) is 94.5 Å². The average molecular weight is 378 g/mol. The molecule has 2 N–H and O–H groups in total. The lowest BCUT2D eigenvalue weighted by atomic mass is 10.1. The van der Waals surface area contributed by atoms with Gasteiger partial charge in [-0.15, -0.1) is 0 Å². The van der Waals surface area contributed by atoms with Gasteiger partial charge in [0.15, 0.2) is 5.82 Å². The molecule has 1 aromatic carbocycles. The second kappa shape index (κ2) is 7.77. The van der Waals surface area contributed by atoms with Crippen molar-refractivity contribution >= 4 is 28.4 Å². The minimum absolute atomic E-state index is 0.208. The number of piperazine rings is 1. The van der Waals surface area contributed by atoms with Crippen LogP contribution in [0.2, 0.25) is 0 Å². The third kappa shape index (κ3) is 3.46. The van der Waals surface area contributed by atoms with Crippen LogP contribution in [0, 0.1) is 0 Å². The molecule has 8 heteroatoms. The Bertz CT molecular complexity index is 984. The molecule has 0 saturated carbocycles. The van der Waals surface area contributed by atoms with Gasteiger partial charge in [-0.3, -0.25) is 9.78 Å². The number of carbonyl (C=O) groups is 1. The van der Waals surface area contributed by atoms with Gasteiger partial charge < -0.3 is 20.2 Å². The summed E-state index contributed by atoms with van der Waals surface area (Å²) >= 11 is 0. The number of amides is 1. The molecule has 1 fully saturated rings. The fraction of sp³-hybridized carbons (Fsp3) is 0.300. The molecule has 0 aliphatic carbocycles. The molecule has 0 bridgehead atoms. The van der Waals surface area contributed by atoms with Crippen molar-refractivity contribution in [3.63, 3.8) is 0 Å². The molecule has 144 valence electrons. The van der Waals surface area contributed by atoms with E-state index >= 15 is 0 Å². The first-order valence-electron chi connectivity index (χ1n) is 9.23. The van der Waals surface area contributed by atoms with Crippen LogP contribution >= 0.6 is 0 Å². The standard InChI is InChI=1S/C20H22N6O2/c1-21-20-19-17(22-6-7-23-19)12-16(24-20)14-2-4-15(5-3-14)25-8-10-26(11-9-25)18(28)13-27/h2-7,12,27H,8-11,13H2,1H3,(H,21,24). The number of fused-ring (bicyclic) bond motifs is 1. The van der Waals surface area contributed by atoms with Crippen molar-refractivity contribution in [2.24, 2.45) is 0 Å². The largest absolute Gasteiger partial charge is 0.387 e. The van der Waals surface area contributed by atoms with E-state index in [-0.39, 0.29) is 5.91 Å². The summed E-state index contributed by atoms with van der Waals surface area (Å²) in [6.07, 6.45) is 3.34. The quantitative estimate of drug-likeness (QED) is 0.708. The van der Waals surface area contributed by atoms with Crippen LogP contribution in [0.25, 0.3) is 22.3 Å². The summed E-state index contributed by atoms with van der Waals surface area (Å²) in [5, 5.41) is 12.1. The SMILES string of the molecule is CNc1nc(-c2ccc(N3CCN(C(=O)CO)CC3)cc2)cc2nccnc12. The summed E-state index contributed by atoms with van der Waals surface area (Å²) in [5.41, 5.74) is 4.49. The molecule has 1 amide bonds. The molecule has 1 saturated heterocycles. The zero-order chi connectivity index (χ0) is 19.5. The lowest BCUT2D eigenvalue weighted by molar-refractivity contribution is -0.134. The fourth-order valence-corrected chi connectivity index (χ4v) is 3.45. The Morgan fingerprint density at radius 2 is 1.82 bits per heavy atom. The summed E-state index contributed by atoms with van der Waals surface area (Å²) < 4.78 is 0. The van der Waals surface area contributed by atoms with Gasteiger partial charge in [0, 0.05) is 56.9 Å². The van der Waals surface area contributed by atoms with Crippen LogP contribution in [0.15, 0.2) is 42.7 Å². The molecule has 8 nitrogen and oxygen atoms in total. The lowest BCUT2D eigenvalue weighted by Crippen LogP contribution is -2.49. The first-order chi connectivity index (χ1) is 13.7. The van der Waals surface area contributed by atoms with Gasteiger partial charge in [0.05, 0.1) is 11.2 Å². The number of benzene rings is 1. The van der Waals surface area contributed by atoms with Crippen LogP contribution in [-0.4, -0.2) is 70.7 Å². The first kappa shape index (κ1) is 18.1. The Morgan fingerprint density at radius 1 is 1.11 bits per heavy atom. The van der Waals surface area contributed by atoms with Crippen molar-refractivity contribution in [1.29, 1.82) is 0 Å². The van der Waals surface area contributed by atoms with Gasteiger partial charge in [0.1, 0.15) is 12.1 Å². The van der Waals surface area contributed by atoms with Crippen LogP contribution in [0.3, 0.4) is 0 Å². The zero-order valence-electron chi connectivity index (χ0n) is 15.7. The Labute approximate surface area is 162 Å². The molecule has 1 aliphatic rings. The Kier molecular flexibility index (Phi) is 5.03. The first-order valence-corrected chi connectivity index (χ1v) is 9.23. The van der Waals surface area contributed by atoms with E-state index in [0.29, 0.717) is 18.9 Å². The van der Waals surface area contributed by atoms with Crippen LogP contribution in [0.1, 0.15) is 0 Å². The van der Waals surface area contributed by atoms with Crippen molar-refractivity contribution in [2.45, 2.75) is 0 Å². The van der Waals surface area contributed by atoms with Crippen LogP contribution in [-0.2, 0) is 4.79 Å². The predicted octanol–water partition coefficient (Wildman–Crippen LogP) is 1.37. The molecule has 0 atom stereocenters. The Hall–Kier alpha value is -3.26. The monoisotopic (exact) mass is 378 g/mol. The van der Waals surface area contributed by atoms with E-state index in [1.807, 2.05) is 25.2 Å². The van der Waals surface area contributed by atoms with Gasteiger partial charge in [-0.25, -0.2) is 9.97 Å². The van der Waals surface area contributed by atoms with Gasteiger partial charge in [-0.1, -0.05) is 12.1 Å². The molecule has 2 aromatic heterocycles. The minimum Gasteiger partial charge on any atom is -0.387 e. The predicted molar refractivity (Wildman–Crippen MR) is 108 cm³/mol. The van der Waals surface area contributed by atoms with Crippen molar-refractivity contribution in [1.82, 2.24) is 19.9 Å². The van der Waals surface area contributed by atoms with Gasteiger partial charge in [-0.2, -0.15) is 0 Å². The minimum atomic E-state index is -0.424. The second-order valence-corrected chi connectivity index (χ2v) is 6.60. The van der Waals surface area contributed by atoms with E-state index in [9.17, 15) is 4.79 Å². The second-order valence-electron chi connectivity index (χ2n) is 6.60. The van der Waals surface area contributed by atoms with E-state index in [1.165, 1.54) is 0 Å². The van der Waals surface area contributed by atoms with Crippen LogP contribution < -0.4 is 10.2 Å². The fourth-order valence-electron chi connectivity index (χ4n) is 3.45. The molecule has 0 spiro atoms. The number of aliphatic hydroxyl groups is 1. The highest BCUT2D eigenvalue weighted by Gasteiger charge is 2.20. The number of rotatable bonds is 4. The Balaban J connectivity index is 1.54. The zero-order valence-corrected chi connectivity index (χ0v) is 15.7. The highest BCUT2D eigenvalue weighted by molar-refractivity contribution is 5.88. The number of anilines is 2. The highest BCUT2D eigenvalue weighted by atomic mass is 16.3. The van der Waals surface area contributed by atoms with Gasteiger partial charge >= 0.3 is 0 Å². The molecular weight excluding hydrogens is 356 g/mol. The number of aliphatic hydroxyl groups excluding tert-OH is 1. The maximum atomic E-state index is 11.6. The highest BCUT2D eigenvalue weighted by Crippen LogP contribution is 2.27. The smallest absolute Gasteiger partial charge is 0.248 e. The summed E-state index contributed by atoms with van der Waals surface area (Å²) in [5.74, 6) is 0.496. The van der Waals surface area contributed by atoms with Gasteiger partial charge in [0.25, 0.3) is 0 Å². The van der Waals surface area contributed by atoms with Crippen LogP contribution in [0.4, 0.5) is 11.5 Å². The van der Waals surface area contributed by atoms with Crippen molar-refractivity contribution < 1.29 is 9.90 Å². The molecule has 1 aliphatic heterocycles. The molecule has 28 heavy (non-hydrogen) atoms. The molecule has 4 rings (SSSR count). The molecule has 0 radical (unpaired) electrons. The van der Waals surface area contributed by atoms with Gasteiger partial charge in [-0.05, 0) is 18.2 Å². The molecular formula is C20H22N6O2. The summed E-state index contributed by atoms with van der Waals surface area (Å²) in [6, 6.07) is 10.2. The lowest BCUT2D eigenvalue weighted by Gasteiger charge is -2.35. The number of nitrogens with zero attached hydrogens (tertiary/aromatic N) is 5. The van der Waals surface area contributed by atoms with Crippen molar-refractivity contribution in [2.75, 3.05) is 50.1 Å². The average Bonchev–Trinajstić information content (AvgIpc) is 2.78. The van der Waals surface area contributed by atoms with E-state index in [1.54, 1.807) is 17.3 Å². The maximum Gasteiger partial charge on any atom is 0.248 e. The number of aromatic nitrogens is 3. The summed E-state index contributed by atoms with van der Waals surface area (Å²) in [6.45, 7) is 2.32. The Morgan fingerprint density at radius 3 is 2.50 bits per heavy atom. The third-order valence-electron chi connectivity index (χ3n) is 4.99. The number of carbonyl (C=O) groups excluding carboxylic acids is 1. The van der Waals surface area contributed by atoms with E-state index in [2.05, 4.69) is 37.3 Å². The van der Waals surface area contributed by atoms with Crippen molar-refractivity contribution in [3.8, 4) is 11.3 Å². The number of hydrogen-bond donors (Lipinski definition) is 2. The van der Waals surface area contributed by atoms with Crippen molar-refractivity contribution in [3.05, 3.63) is 42.7 Å².